The van der Waals surface area contributed by atoms with Crippen LogP contribution in [0.3, 0.4) is 0 Å². The van der Waals surface area contributed by atoms with Crippen molar-refractivity contribution in [2.75, 3.05) is 0 Å². The van der Waals surface area contributed by atoms with Gasteiger partial charge in [-0.15, -0.1) is 0 Å². The Morgan fingerprint density at radius 3 is 1.79 bits per heavy atom. The molecule has 0 amide bonds. The third-order valence-corrected chi connectivity index (χ3v) is 7.35. The maximum absolute atomic E-state index is 7.04. The first-order chi connectivity index (χ1) is 13.3. The summed E-state index contributed by atoms with van der Waals surface area (Å²) in [5, 5.41) is 0. The van der Waals surface area contributed by atoms with Gasteiger partial charge in [0.15, 0.2) is 0 Å². The highest BCUT2D eigenvalue weighted by molar-refractivity contribution is 9.10. The Morgan fingerprint density at radius 2 is 1.31 bits per heavy atom. The second kappa shape index (κ2) is 11.3. The van der Waals surface area contributed by atoms with Gasteiger partial charge in [0.1, 0.15) is 0 Å². The van der Waals surface area contributed by atoms with Crippen LogP contribution in [0.25, 0.3) is 0 Å². The SMILES string of the molecule is CCCCCCCCC(OC(c1ccc(Br)cc1)C(C)(C)C)C(C)(C)C(C)(C)C. The van der Waals surface area contributed by atoms with Gasteiger partial charge in [-0.25, -0.2) is 0 Å². The molecule has 0 spiro atoms. The van der Waals surface area contributed by atoms with Crippen molar-refractivity contribution in [1.82, 2.24) is 0 Å². The van der Waals surface area contributed by atoms with Gasteiger partial charge >= 0.3 is 0 Å². The van der Waals surface area contributed by atoms with Crippen LogP contribution >= 0.6 is 15.9 Å². The molecule has 0 aliphatic rings. The zero-order valence-electron chi connectivity index (χ0n) is 20.7. The Hall–Kier alpha value is -0.340. The number of hydrogen-bond acceptors (Lipinski definition) is 1. The van der Waals surface area contributed by atoms with Gasteiger partial charge in [-0.1, -0.05) is 129 Å². The van der Waals surface area contributed by atoms with E-state index < -0.39 is 0 Å². The molecule has 0 N–H and O–H groups in total. The first-order valence-electron chi connectivity index (χ1n) is 11.7. The van der Waals surface area contributed by atoms with Gasteiger partial charge < -0.3 is 4.74 Å². The molecule has 0 aromatic heterocycles. The summed E-state index contributed by atoms with van der Waals surface area (Å²) in [6, 6.07) is 8.70. The van der Waals surface area contributed by atoms with E-state index in [9.17, 15) is 0 Å². The summed E-state index contributed by atoms with van der Waals surface area (Å²) >= 11 is 3.57. The summed E-state index contributed by atoms with van der Waals surface area (Å²) < 4.78 is 8.16. The fraction of sp³-hybridized carbons (Fsp3) is 0.778. The van der Waals surface area contributed by atoms with Crippen LogP contribution < -0.4 is 0 Å². The van der Waals surface area contributed by atoms with E-state index >= 15 is 0 Å². The molecule has 0 aliphatic carbocycles. The van der Waals surface area contributed by atoms with Crippen LogP contribution in [-0.4, -0.2) is 6.10 Å². The van der Waals surface area contributed by atoms with Crippen molar-refractivity contribution in [1.29, 1.82) is 0 Å². The Labute approximate surface area is 190 Å². The minimum absolute atomic E-state index is 0.0428. The van der Waals surface area contributed by atoms with Crippen LogP contribution in [0.5, 0.6) is 0 Å². The Bertz CT molecular complexity index is 574. The lowest BCUT2D eigenvalue weighted by molar-refractivity contribution is -0.144. The third kappa shape index (κ3) is 8.37. The van der Waals surface area contributed by atoms with E-state index in [1.807, 2.05) is 0 Å². The average Bonchev–Trinajstić information content (AvgIpc) is 2.59. The highest BCUT2D eigenvalue weighted by atomic mass is 79.9. The molecular formula is C27H47BrO. The summed E-state index contributed by atoms with van der Waals surface area (Å²) in [7, 11) is 0. The van der Waals surface area contributed by atoms with Crippen LogP contribution in [0.15, 0.2) is 28.7 Å². The molecule has 1 nitrogen and oxygen atoms in total. The van der Waals surface area contributed by atoms with E-state index in [0.29, 0.717) is 0 Å². The monoisotopic (exact) mass is 466 g/mol. The van der Waals surface area contributed by atoms with Crippen LogP contribution in [0.1, 0.15) is 119 Å². The Morgan fingerprint density at radius 1 is 0.793 bits per heavy atom. The number of ether oxygens (including phenoxy) is 1. The summed E-state index contributed by atoms with van der Waals surface area (Å²) in [5.74, 6) is 0. The van der Waals surface area contributed by atoms with Gasteiger partial charge in [-0.2, -0.15) is 0 Å². The van der Waals surface area contributed by atoms with Gasteiger partial charge in [0.05, 0.1) is 12.2 Å². The largest absolute Gasteiger partial charge is 0.369 e. The summed E-state index contributed by atoms with van der Waals surface area (Å²) in [6.45, 7) is 21.0. The fourth-order valence-corrected chi connectivity index (χ4v) is 4.04. The van der Waals surface area contributed by atoms with Crippen molar-refractivity contribution in [3.8, 4) is 0 Å². The van der Waals surface area contributed by atoms with E-state index in [1.54, 1.807) is 0 Å². The van der Waals surface area contributed by atoms with E-state index in [-0.39, 0.29) is 28.5 Å². The molecule has 0 bridgehead atoms. The van der Waals surface area contributed by atoms with Gasteiger partial charge in [-0.3, -0.25) is 0 Å². The molecule has 0 fully saturated rings. The average molecular weight is 468 g/mol. The van der Waals surface area contributed by atoms with Gasteiger partial charge in [0.25, 0.3) is 0 Å². The molecular weight excluding hydrogens is 420 g/mol. The summed E-state index contributed by atoms with van der Waals surface area (Å²) in [6.07, 6.45) is 9.43. The molecule has 0 saturated heterocycles. The molecule has 1 rings (SSSR count). The van der Waals surface area contributed by atoms with E-state index in [0.717, 1.165) is 10.9 Å². The van der Waals surface area contributed by atoms with Gasteiger partial charge in [0.2, 0.25) is 0 Å². The normalized spacial score (nSPS) is 15.4. The first-order valence-corrected chi connectivity index (χ1v) is 12.5. The third-order valence-electron chi connectivity index (χ3n) is 6.82. The van der Waals surface area contributed by atoms with Crippen molar-refractivity contribution in [2.45, 2.75) is 119 Å². The van der Waals surface area contributed by atoms with Crippen molar-refractivity contribution < 1.29 is 4.74 Å². The highest BCUT2D eigenvalue weighted by Gasteiger charge is 2.43. The molecule has 2 heteroatoms. The number of benzene rings is 1. The van der Waals surface area contributed by atoms with Crippen LogP contribution in [0.4, 0.5) is 0 Å². The van der Waals surface area contributed by atoms with Gasteiger partial charge in [-0.05, 0) is 40.4 Å². The molecule has 2 unspecified atom stereocenters. The molecule has 0 radical (unpaired) electrons. The van der Waals surface area contributed by atoms with E-state index in [1.165, 1.54) is 44.1 Å². The standard InChI is InChI=1S/C27H47BrO/c1-10-11-12-13-14-15-16-23(27(8,9)26(5,6)7)29-24(25(2,3)4)21-17-19-22(28)20-18-21/h17-20,23-24H,10-16H2,1-9H3. The topological polar surface area (TPSA) is 9.23 Å². The number of halogens is 1. The van der Waals surface area contributed by atoms with Crippen LogP contribution in [0.2, 0.25) is 0 Å². The van der Waals surface area contributed by atoms with Crippen LogP contribution in [-0.2, 0) is 4.74 Å². The predicted octanol–water partition coefficient (Wildman–Crippen LogP) is 9.74. The maximum Gasteiger partial charge on any atom is 0.0877 e. The van der Waals surface area contributed by atoms with Crippen molar-refractivity contribution >= 4 is 15.9 Å². The second-order valence-corrected chi connectivity index (χ2v) is 12.4. The molecule has 29 heavy (non-hydrogen) atoms. The van der Waals surface area contributed by atoms with Gasteiger partial charge in [0, 0.05) is 4.47 Å². The smallest absolute Gasteiger partial charge is 0.0877 e. The Balaban J connectivity index is 3.04. The van der Waals surface area contributed by atoms with E-state index in [2.05, 4.69) is 103 Å². The van der Waals surface area contributed by atoms with Crippen LogP contribution in [0, 0.1) is 16.2 Å². The Kier molecular flexibility index (Phi) is 10.4. The molecule has 1 aromatic rings. The first kappa shape index (κ1) is 26.7. The predicted molar refractivity (Wildman–Crippen MR) is 132 cm³/mol. The van der Waals surface area contributed by atoms with Crippen molar-refractivity contribution in [3.63, 3.8) is 0 Å². The van der Waals surface area contributed by atoms with Crippen molar-refractivity contribution in [2.24, 2.45) is 16.2 Å². The summed E-state index contributed by atoms with van der Waals surface area (Å²) in [5.41, 5.74) is 1.59. The molecule has 0 aliphatic heterocycles. The molecule has 2 atom stereocenters. The zero-order chi connectivity index (χ0) is 22.3. The lowest BCUT2D eigenvalue weighted by Crippen LogP contribution is -2.44. The molecule has 1 aromatic carbocycles. The minimum atomic E-state index is 0.0428. The molecule has 0 saturated carbocycles. The molecule has 168 valence electrons. The minimum Gasteiger partial charge on any atom is -0.369 e. The number of hydrogen-bond donors (Lipinski definition) is 0. The van der Waals surface area contributed by atoms with E-state index in [4.69, 9.17) is 4.74 Å². The quantitative estimate of drug-likeness (QED) is 0.294. The lowest BCUT2D eigenvalue weighted by Gasteiger charge is -2.47. The second-order valence-electron chi connectivity index (χ2n) is 11.5. The van der Waals surface area contributed by atoms with Crippen molar-refractivity contribution in [3.05, 3.63) is 34.3 Å². The number of unbranched alkanes of at least 4 members (excludes halogenated alkanes) is 5. The number of rotatable bonds is 11. The summed E-state index contributed by atoms with van der Waals surface area (Å²) in [4.78, 5) is 0. The highest BCUT2D eigenvalue weighted by Crippen LogP contribution is 2.47. The fourth-order valence-electron chi connectivity index (χ4n) is 3.78. The lowest BCUT2D eigenvalue weighted by atomic mass is 9.64. The zero-order valence-corrected chi connectivity index (χ0v) is 22.3. The molecule has 0 heterocycles. The maximum atomic E-state index is 7.04.